The molecule has 0 saturated heterocycles. The maximum atomic E-state index is 12.9. The van der Waals surface area contributed by atoms with Crippen molar-refractivity contribution in [3.63, 3.8) is 0 Å². The van der Waals surface area contributed by atoms with Gasteiger partial charge in [-0.1, -0.05) is 12.1 Å². The normalized spacial score (nSPS) is 11.8. The number of nitrogens with one attached hydrogen (secondary N) is 1. The summed E-state index contributed by atoms with van der Waals surface area (Å²) < 4.78 is 67.6. The summed E-state index contributed by atoms with van der Waals surface area (Å²) in [5, 5.41) is 2.44. The summed E-state index contributed by atoms with van der Waals surface area (Å²) in [6.45, 7) is 1.28. The molecule has 0 atom stereocenters. The summed E-state index contributed by atoms with van der Waals surface area (Å²) in [7, 11) is -4.45. The third-order valence-electron chi connectivity index (χ3n) is 2.86. The highest BCUT2D eigenvalue weighted by Crippen LogP contribution is 2.37. The van der Waals surface area contributed by atoms with E-state index in [0.717, 1.165) is 30.3 Å². The van der Waals surface area contributed by atoms with Gasteiger partial charge in [0.05, 0.1) is 5.56 Å². The lowest BCUT2D eigenvalue weighted by atomic mass is 10.2. The fraction of sp³-hybridized carbons (Fsp3) is 0.133. The van der Waals surface area contributed by atoms with E-state index in [9.17, 15) is 26.4 Å². The molecule has 0 aromatic heterocycles. The van der Waals surface area contributed by atoms with Crippen molar-refractivity contribution in [1.29, 1.82) is 0 Å². The van der Waals surface area contributed by atoms with E-state index in [0.29, 0.717) is 5.69 Å². The lowest BCUT2D eigenvalue weighted by molar-refractivity contribution is -0.138. The van der Waals surface area contributed by atoms with Crippen LogP contribution in [0, 0.1) is 0 Å². The maximum absolute atomic E-state index is 12.9. The molecule has 0 saturated carbocycles. The second kappa shape index (κ2) is 6.52. The first kappa shape index (κ1) is 17.8. The van der Waals surface area contributed by atoms with Crippen LogP contribution in [-0.2, 0) is 21.1 Å². The zero-order valence-electron chi connectivity index (χ0n) is 12.3. The van der Waals surface area contributed by atoms with E-state index in [2.05, 4.69) is 9.50 Å². The predicted molar refractivity (Wildman–Crippen MR) is 80.0 cm³/mol. The van der Waals surface area contributed by atoms with Gasteiger partial charge in [0.15, 0.2) is 5.75 Å². The lowest BCUT2D eigenvalue weighted by Gasteiger charge is -2.13. The SMILES string of the molecule is CC(=O)Nc1ccc(S(=O)(=O)Oc2ccccc2C(F)(F)F)cc1. The Morgan fingerprint density at radius 1 is 1.04 bits per heavy atom. The molecule has 0 heterocycles. The van der Waals surface area contributed by atoms with Gasteiger partial charge in [0.2, 0.25) is 5.91 Å². The van der Waals surface area contributed by atoms with Crippen molar-refractivity contribution in [2.45, 2.75) is 18.0 Å². The predicted octanol–water partition coefficient (Wildman–Crippen LogP) is 3.43. The Morgan fingerprint density at radius 2 is 1.62 bits per heavy atom. The molecule has 2 aromatic rings. The van der Waals surface area contributed by atoms with Gasteiger partial charge in [-0.3, -0.25) is 4.79 Å². The molecule has 0 fully saturated rings. The van der Waals surface area contributed by atoms with Crippen LogP contribution >= 0.6 is 0 Å². The Morgan fingerprint density at radius 3 is 2.17 bits per heavy atom. The van der Waals surface area contributed by atoms with E-state index < -0.39 is 27.6 Å². The van der Waals surface area contributed by atoms with Gasteiger partial charge in [-0.15, -0.1) is 0 Å². The number of hydrogen-bond donors (Lipinski definition) is 1. The van der Waals surface area contributed by atoms with Gasteiger partial charge in [-0.2, -0.15) is 21.6 Å². The van der Waals surface area contributed by atoms with Crippen molar-refractivity contribution in [3.8, 4) is 5.75 Å². The number of carbonyl (C=O) groups excluding carboxylic acids is 1. The van der Waals surface area contributed by atoms with Crippen molar-refractivity contribution >= 4 is 21.7 Å². The zero-order valence-corrected chi connectivity index (χ0v) is 13.1. The molecular formula is C15H12F3NO4S. The van der Waals surface area contributed by atoms with Gasteiger partial charge in [0, 0.05) is 12.6 Å². The first-order valence-electron chi connectivity index (χ1n) is 6.58. The highest BCUT2D eigenvalue weighted by atomic mass is 32.2. The second-order valence-corrected chi connectivity index (χ2v) is 6.28. The summed E-state index contributed by atoms with van der Waals surface area (Å²) in [5.41, 5.74) is -0.847. The molecule has 0 bridgehead atoms. The first-order valence-corrected chi connectivity index (χ1v) is 7.99. The molecule has 0 aliphatic rings. The van der Waals surface area contributed by atoms with E-state index in [-0.39, 0.29) is 10.8 Å². The number of halogens is 3. The lowest BCUT2D eigenvalue weighted by Crippen LogP contribution is -2.14. The number of anilines is 1. The molecule has 128 valence electrons. The Labute approximate surface area is 136 Å². The number of benzene rings is 2. The van der Waals surface area contributed by atoms with Crippen molar-refractivity contribution in [1.82, 2.24) is 0 Å². The van der Waals surface area contributed by atoms with Gasteiger partial charge < -0.3 is 9.50 Å². The molecule has 9 heteroatoms. The minimum Gasteiger partial charge on any atom is -0.378 e. The Balaban J connectivity index is 2.31. The Bertz CT molecular complexity index is 846. The average Bonchev–Trinajstić information content (AvgIpc) is 2.46. The summed E-state index contributed by atoms with van der Waals surface area (Å²) in [4.78, 5) is 10.6. The fourth-order valence-electron chi connectivity index (χ4n) is 1.85. The van der Waals surface area contributed by atoms with Gasteiger partial charge in [-0.25, -0.2) is 0 Å². The highest BCUT2D eigenvalue weighted by molar-refractivity contribution is 7.87. The van der Waals surface area contributed by atoms with Crippen LogP contribution in [0.1, 0.15) is 12.5 Å². The van der Waals surface area contributed by atoms with Crippen LogP contribution in [0.15, 0.2) is 53.4 Å². The zero-order chi connectivity index (χ0) is 18.0. The number of alkyl halides is 3. The van der Waals surface area contributed by atoms with Gasteiger partial charge in [-0.05, 0) is 36.4 Å². The third-order valence-corrected chi connectivity index (χ3v) is 4.10. The molecule has 0 radical (unpaired) electrons. The summed E-state index contributed by atoms with van der Waals surface area (Å²) in [6, 6.07) is 8.86. The molecular weight excluding hydrogens is 347 g/mol. The van der Waals surface area contributed by atoms with Crippen molar-refractivity contribution in [3.05, 3.63) is 54.1 Å². The van der Waals surface area contributed by atoms with Crippen LogP contribution in [0.3, 0.4) is 0 Å². The number of carbonyl (C=O) groups is 1. The van der Waals surface area contributed by atoms with Gasteiger partial charge >= 0.3 is 16.3 Å². The van der Waals surface area contributed by atoms with Crippen LogP contribution in [-0.4, -0.2) is 14.3 Å². The summed E-state index contributed by atoms with van der Waals surface area (Å²) >= 11 is 0. The molecule has 0 unspecified atom stereocenters. The third kappa shape index (κ3) is 4.25. The second-order valence-electron chi connectivity index (χ2n) is 4.74. The first-order chi connectivity index (χ1) is 11.1. The highest BCUT2D eigenvalue weighted by Gasteiger charge is 2.35. The van der Waals surface area contributed by atoms with Crippen molar-refractivity contribution < 1.29 is 30.6 Å². The maximum Gasteiger partial charge on any atom is 0.420 e. The number of amides is 1. The van der Waals surface area contributed by atoms with E-state index in [1.54, 1.807) is 0 Å². The molecule has 0 aliphatic heterocycles. The minimum atomic E-state index is -4.75. The average molecular weight is 359 g/mol. The smallest absolute Gasteiger partial charge is 0.378 e. The van der Waals surface area contributed by atoms with E-state index in [1.807, 2.05) is 0 Å². The monoisotopic (exact) mass is 359 g/mol. The van der Waals surface area contributed by atoms with E-state index in [1.165, 1.54) is 25.1 Å². The standard InChI is InChI=1S/C15H12F3NO4S/c1-10(20)19-11-6-8-12(9-7-11)24(21,22)23-14-5-3-2-4-13(14)15(16,17)18/h2-9H,1H3,(H,19,20). The number of hydrogen-bond acceptors (Lipinski definition) is 4. The summed E-state index contributed by atoms with van der Waals surface area (Å²) in [6.07, 6.45) is -4.75. The van der Waals surface area contributed by atoms with Crippen LogP contribution in [0.25, 0.3) is 0 Å². The molecule has 1 N–H and O–H groups in total. The van der Waals surface area contributed by atoms with Crippen LogP contribution < -0.4 is 9.50 Å². The van der Waals surface area contributed by atoms with Gasteiger partial charge in [0.25, 0.3) is 0 Å². The fourth-order valence-corrected chi connectivity index (χ4v) is 2.80. The van der Waals surface area contributed by atoms with Crippen LogP contribution in [0.2, 0.25) is 0 Å². The van der Waals surface area contributed by atoms with E-state index >= 15 is 0 Å². The Kier molecular flexibility index (Phi) is 4.83. The molecule has 2 aromatic carbocycles. The van der Waals surface area contributed by atoms with Crippen LogP contribution in [0.4, 0.5) is 18.9 Å². The molecule has 0 spiro atoms. The van der Waals surface area contributed by atoms with Gasteiger partial charge in [0.1, 0.15) is 4.90 Å². The van der Waals surface area contributed by atoms with Crippen molar-refractivity contribution in [2.24, 2.45) is 0 Å². The largest absolute Gasteiger partial charge is 0.420 e. The summed E-state index contributed by atoms with van der Waals surface area (Å²) in [5.74, 6) is -1.16. The van der Waals surface area contributed by atoms with E-state index in [4.69, 9.17) is 0 Å². The molecule has 0 aliphatic carbocycles. The number of rotatable bonds is 4. The number of para-hydroxylation sites is 1. The Hall–Kier alpha value is -2.55. The minimum absolute atomic E-state index is 0.339. The molecule has 1 amide bonds. The topological polar surface area (TPSA) is 72.5 Å². The quantitative estimate of drug-likeness (QED) is 0.849. The van der Waals surface area contributed by atoms with Crippen LogP contribution in [0.5, 0.6) is 5.75 Å². The van der Waals surface area contributed by atoms with Crippen molar-refractivity contribution in [2.75, 3.05) is 5.32 Å². The molecule has 2 rings (SSSR count). The molecule has 24 heavy (non-hydrogen) atoms. The molecule has 5 nitrogen and oxygen atoms in total.